The molecule has 32 heavy (non-hydrogen) atoms. The Bertz CT molecular complexity index is 1060. The van der Waals surface area contributed by atoms with Crippen molar-refractivity contribution >= 4 is 34.5 Å². The summed E-state index contributed by atoms with van der Waals surface area (Å²) in [5.41, 5.74) is 1.17. The number of thiocarbonyl (C=S) groups is 1. The lowest BCUT2D eigenvalue weighted by atomic mass is 9.82. The van der Waals surface area contributed by atoms with Crippen molar-refractivity contribution in [2.24, 2.45) is 5.41 Å². The van der Waals surface area contributed by atoms with Gasteiger partial charge in [0.15, 0.2) is 0 Å². The van der Waals surface area contributed by atoms with Gasteiger partial charge in [0.1, 0.15) is 33.9 Å². The van der Waals surface area contributed by atoms with E-state index in [1.165, 1.54) is 29.3 Å². The van der Waals surface area contributed by atoms with Crippen LogP contribution in [0.25, 0.3) is 0 Å². The summed E-state index contributed by atoms with van der Waals surface area (Å²) in [6, 6.07) is 6.32. The van der Waals surface area contributed by atoms with Gasteiger partial charge in [0.2, 0.25) is 0 Å². The van der Waals surface area contributed by atoms with Crippen LogP contribution in [0.3, 0.4) is 0 Å². The van der Waals surface area contributed by atoms with Crippen LogP contribution >= 0.6 is 12.2 Å². The molecule has 0 saturated carbocycles. The van der Waals surface area contributed by atoms with Gasteiger partial charge in [0.05, 0.1) is 11.9 Å². The maximum atomic E-state index is 13.1. The number of aliphatic hydroxyl groups excluding tert-OH is 1. The second-order valence-corrected chi connectivity index (χ2v) is 8.61. The molecule has 0 bridgehead atoms. The number of nitrogens with zero attached hydrogens (tertiary/aromatic N) is 2. The first kappa shape index (κ1) is 23.5. The summed E-state index contributed by atoms with van der Waals surface area (Å²) < 4.78 is 51.7. The number of aromatic nitrogens is 1. The molecule has 0 saturated heterocycles. The number of pyridine rings is 1. The summed E-state index contributed by atoms with van der Waals surface area (Å²) in [4.78, 5) is 16.1. The molecule has 3 N–H and O–H groups in total. The van der Waals surface area contributed by atoms with Crippen molar-refractivity contribution < 1.29 is 27.5 Å². The summed E-state index contributed by atoms with van der Waals surface area (Å²) in [6.07, 6.45) is -3.64. The fourth-order valence-corrected chi connectivity index (χ4v) is 3.57. The van der Waals surface area contributed by atoms with E-state index < -0.39 is 35.1 Å². The number of hydrazine groups is 1. The van der Waals surface area contributed by atoms with Crippen LogP contribution < -0.4 is 15.8 Å². The number of hydrogen-bond donors (Lipinski definition) is 3. The molecular formula is C21H20F4N4O2S. The van der Waals surface area contributed by atoms with E-state index in [9.17, 15) is 27.5 Å². The van der Waals surface area contributed by atoms with Crippen molar-refractivity contribution in [1.29, 1.82) is 0 Å². The largest absolute Gasteiger partial charge is 0.509 e. The Hall–Kier alpha value is -3.21. The molecule has 1 unspecified atom stereocenters. The molecule has 3 rings (SSSR count). The monoisotopic (exact) mass is 468 g/mol. The zero-order valence-corrected chi connectivity index (χ0v) is 18.1. The Morgan fingerprint density at radius 3 is 2.28 bits per heavy atom. The van der Waals surface area contributed by atoms with Crippen molar-refractivity contribution in [2.45, 2.75) is 33.0 Å². The number of aliphatic hydroxyl groups is 1. The first-order valence-electron chi connectivity index (χ1n) is 9.42. The third kappa shape index (κ3) is 4.82. The van der Waals surface area contributed by atoms with Crippen LogP contribution in [0.15, 0.2) is 53.9 Å². The van der Waals surface area contributed by atoms with Gasteiger partial charge in [-0.1, -0.05) is 33.0 Å². The number of carbonyl (C=O) groups is 1. The lowest BCUT2D eigenvalue weighted by molar-refractivity contribution is -0.141. The van der Waals surface area contributed by atoms with E-state index in [0.29, 0.717) is 5.69 Å². The van der Waals surface area contributed by atoms with E-state index in [4.69, 9.17) is 12.2 Å². The minimum Gasteiger partial charge on any atom is -0.509 e. The molecule has 2 aromatic rings. The summed E-state index contributed by atoms with van der Waals surface area (Å²) >= 11 is 5.29. The molecule has 11 heteroatoms. The van der Waals surface area contributed by atoms with Crippen LogP contribution in [-0.2, 0) is 11.0 Å². The quantitative estimate of drug-likeness (QED) is 0.446. The van der Waals surface area contributed by atoms with E-state index >= 15 is 0 Å². The van der Waals surface area contributed by atoms with Gasteiger partial charge in [-0.2, -0.15) is 13.2 Å². The van der Waals surface area contributed by atoms with Gasteiger partial charge in [0.25, 0.3) is 5.91 Å². The van der Waals surface area contributed by atoms with Gasteiger partial charge in [-0.25, -0.2) is 9.37 Å². The van der Waals surface area contributed by atoms with Crippen molar-refractivity contribution in [3.63, 3.8) is 0 Å². The maximum Gasteiger partial charge on any atom is 0.433 e. The number of halogens is 4. The number of hydrogen-bond acceptors (Lipinski definition) is 5. The third-order valence-electron chi connectivity index (χ3n) is 4.69. The Morgan fingerprint density at radius 2 is 1.78 bits per heavy atom. The molecule has 170 valence electrons. The van der Waals surface area contributed by atoms with Crippen LogP contribution in [0.2, 0.25) is 0 Å². The average Bonchev–Trinajstić information content (AvgIpc) is 2.67. The highest BCUT2D eigenvalue weighted by Crippen LogP contribution is 2.36. The molecule has 1 aliphatic heterocycles. The molecule has 1 aromatic carbocycles. The highest BCUT2D eigenvalue weighted by atomic mass is 32.1. The van der Waals surface area contributed by atoms with Gasteiger partial charge in [-0.05, 0) is 41.8 Å². The number of benzene rings is 1. The summed E-state index contributed by atoms with van der Waals surface area (Å²) in [5, 5.41) is 15.1. The second kappa shape index (κ2) is 8.38. The molecule has 1 atom stereocenters. The number of anilines is 2. The van der Waals surface area contributed by atoms with Crippen molar-refractivity contribution in [3.8, 4) is 0 Å². The highest BCUT2D eigenvalue weighted by Gasteiger charge is 2.43. The minimum absolute atomic E-state index is 0.0916. The number of carbonyl (C=O) groups excluding carboxylic acids is 1. The Morgan fingerprint density at radius 1 is 1.16 bits per heavy atom. The SMILES string of the molecule is CC(C)(C)C1C(O)=C(C(=S)Nc2ccc(F)cc2)C(=O)NN1c1ccc(C(F)(F)F)nc1. The van der Waals surface area contributed by atoms with Gasteiger partial charge < -0.3 is 10.4 Å². The fourth-order valence-electron chi connectivity index (χ4n) is 3.26. The van der Waals surface area contributed by atoms with Gasteiger partial charge in [-0.3, -0.25) is 15.2 Å². The second-order valence-electron chi connectivity index (χ2n) is 8.20. The number of amides is 1. The smallest absolute Gasteiger partial charge is 0.433 e. The van der Waals surface area contributed by atoms with Gasteiger partial charge in [0, 0.05) is 5.69 Å². The minimum atomic E-state index is -4.61. The molecular weight excluding hydrogens is 448 g/mol. The van der Waals surface area contributed by atoms with Gasteiger partial charge >= 0.3 is 6.18 Å². The molecule has 1 aromatic heterocycles. The predicted molar refractivity (Wildman–Crippen MR) is 115 cm³/mol. The average molecular weight is 468 g/mol. The normalized spacial score (nSPS) is 17.3. The van der Waals surface area contributed by atoms with Crippen LogP contribution in [0.5, 0.6) is 0 Å². The number of alkyl halides is 3. The topological polar surface area (TPSA) is 77.5 Å². The van der Waals surface area contributed by atoms with Crippen molar-refractivity contribution in [3.05, 3.63) is 65.4 Å². The van der Waals surface area contributed by atoms with E-state index in [-0.39, 0.29) is 22.0 Å². The molecule has 0 fully saturated rings. The van der Waals surface area contributed by atoms with E-state index in [1.807, 2.05) is 0 Å². The summed E-state index contributed by atoms with van der Waals surface area (Å²) in [7, 11) is 0. The Kier molecular flexibility index (Phi) is 6.14. The zero-order chi connectivity index (χ0) is 23.8. The molecule has 1 aliphatic rings. The van der Waals surface area contributed by atoms with Crippen LogP contribution in [-0.4, -0.2) is 27.0 Å². The fraction of sp³-hybridized carbons (Fsp3) is 0.286. The lowest BCUT2D eigenvalue weighted by Crippen LogP contribution is -2.60. The lowest BCUT2D eigenvalue weighted by Gasteiger charge is -2.44. The Labute approximate surface area is 186 Å². The molecule has 0 spiro atoms. The molecule has 0 aliphatic carbocycles. The summed E-state index contributed by atoms with van der Waals surface area (Å²) in [6.45, 7) is 5.35. The molecule has 1 amide bonds. The van der Waals surface area contributed by atoms with Crippen LogP contribution in [0.4, 0.5) is 28.9 Å². The molecule has 2 heterocycles. The highest BCUT2D eigenvalue weighted by molar-refractivity contribution is 7.81. The van der Waals surface area contributed by atoms with Crippen molar-refractivity contribution in [1.82, 2.24) is 10.4 Å². The first-order valence-corrected chi connectivity index (χ1v) is 9.83. The van der Waals surface area contributed by atoms with E-state index in [2.05, 4.69) is 15.7 Å². The molecule has 0 radical (unpaired) electrons. The number of rotatable bonds is 3. The summed E-state index contributed by atoms with van der Waals surface area (Å²) in [5.74, 6) is -1.57. The molecule has 6 nitrogen and oxygen atoms in total. The van der Waals surface area contributed by atoms with E-state index in [0.717, 1.165) is 18.3 Å². The van der Waals surface area contributed by atoms with Crippen molar-refractivity contribution in [2.75, 3.05) is 10.3 Å². The third-order valence-corrected chi connectivity index (χ3v) is 4.99. The van der Waals surface area contributed by atoms with E-state index in [1.54, 1.807) is 20.8 Å². The van der Waals surface area contributed by atoms with Gasteiger partial charge in [-0.15, -0.1) is 0 Å². The maximum absolute atomic E-state index is 13.1. The number of nitrogens with one attached hydrogen (secondary N) is 2. The van der Waals surface area contributed by atoms with Crippen LogP contribution in [0.1, 0.15) is 26.5 Å². The standard InChI is InChI=1S/C21H20F4N4O2S/c1-20(2,3)17-16(30)15(19(32)27-12-6-4-11(22)5-7-12)18(31)28-29(17)13-8-9-14(26-10-13)21(23,24)25/h4-10,17,30H,1-3H3,(H,27,32)(H,28,31). The predicted octanol–water partition coefficient (Wildman–Crippen LogP) is 4.76. The zero-order valence-electron chi connectivity index (χ0n) is 17.3. The van der Waals surface area contributed by atoms with Crippen LogP contribution in [0, 0.1) is 11.2 Å². The first-order chi connectivity index (χ1) is 14.8. The Balaban J connectivity index is 1.98.